The van der Waals surface area contributed by atoms with Crippen LogP contribution in [0.2, 0.25) is 0 Å². The van der Waals surface area contributed by atoms with Crippen molar-refractivity contribution < 1.29 is 9.59 Å². The van der Waals surface area contributed by atoms with Gasteiger partial charge in [0, 0.05) is 14.1 Å². The van der Waals surface area contributed by atoms with Crippen LogP contribution in [0.1, 0.15) is 5.56 Å². The van der Waals surface area contributed by atoms with Gasteiger partial charge in [0.25, 0.3) is 5.91 Å². The summed E-state index contributed by atoms with van der Waals surface area (Å²) in [6, 6.07) is 9.13. The molecule has 0 bridgehead atoms. The number of urea groups is 1. The number of benzene rings is 1. The van der Waals surface area contributed by atoms with Gasteiger partial charge in [-0.05, 0) is 5.56 Å². The Morgan fingerprint density at radius 3 is 2.47 bits per heavy atom. The monoisotopic (exact) mass is 260 g/mol. The fraction of sp³-hybridized carbons (Fsp3) is 0.308. The lowest BCUT2D eigenvalue weighted by atomic mass is 10.2. The summed E-state index contributed by atoms with van der Waals surface area (Å²) in [6.07, 6.45) is -0.792. The summed E-state index contributed by atoms with van der Waals surface area (Å²) in [6.45, 7) is 0.367. The van der Waals surface area contributed by atoms with E-state index >= 15 is 0 Å². The predicted molar refractivity (Wildman–Crippen MR) is 71.5 cm³/mol. The maximum Gasteiger partial charge on any atom is 0.328 e. The number of rotatable bonds is 2. The van der Waals surface area contributed by atoms with Crippen LogP contribution in [0.3, 0.4) is 0 Å². The van der Waals surface area contributed by atoms with Crippen molar-refractivity contribution in [1.82, 2.24) is 9.80 Å². The van der Waals surface area contributed by atoms with Crippen molar-refractivity contribution in [3.05, 3.63) is 35.9 Å². The van der Waals surface area contributed by atoms with Gasteiger partial charge in [-0.15, -0.1) is 0 Å². The first-order chi connectivity index (χ1) is 9.02. The first-order valence-corrected chi connectivity index (χ1v) is 5.91. The summed E-state index contributed by atoms with van der Waals surface area (Å²) >= 11 is 0. The molecule has 2 N–H and O–H groups in total. The van der Waals surface area contributed by atoms with Gasteiger partial charge < -0.3 is 10.6 Å². The van der Waals surface area contributed by atoms with Crippen molar-refractivity contribution >= 4 is 17.6 Å². The van der Waals surface area contributed by atoms with Crippen LogP contribution in [0, 0.1) is 0 Å². The molecule has 1 heterocycles. The second-order valence-corrected chi connectivity index (χ2v) is 4.39. The Bertz CT molecular complexity index is 527. The second kappa shape index (κ2) is 5.19. The average Bonchev–Trinajstić information content (AvgIpc) is 2.44. The molecule has 0 aliphatic carbocycles. The fourth-order valence-electron chi connectivity index (χ4n) is 1.85. The SMILES string of the molecule is CN1C(=O)C(=NCc2ccccc2)C(N)N(C)C1=O. The molecule has 6 heteroatoms. The minimum atomic E-state index is -0.792. The Morgan fingerprint density at radius 2 is 1.84 bits per heavy atom. The summed E-state index contributed by atoms with van der Waals surface area (Å²) in [5, 5.41) is 0. The highest BCUT2D eigenvalue weighted by atomic mass is 16.2. The Kier molecular flexibility index (Phi) is 3.62. The normalized spacial score (nSPS) is 22.3. The third-order valence-electron chi connectivity index (χ3n) is 3.08. The zero-order valence-electron chi connectivity index (χ0n) is 10.9. The van der Waals surface area contributed by atoms with Crippen LogP contribution >= 0.6 is 0 Å². The summed E-state index contributed by atoms with van der Waals surface area (Å²) in [7, 11) is 2.97. The summed E-state index contributed by atoms with van der Waals surface area (Å²) in [4.78, 5) is 30.2. The number of nitrogens with two attached hydrogens (primary N) is 1. The number of hydrogen-bond donors (Lipinski definition) is 1. The molecule has 1 atom stereocenters. The van der Waals surface area contributed by atoms with Crippen molar-refractivity contribution in [2.24, 2.45) is 10.7 Å². The van der Waals surface area contributed by atoms with Crippen LogP contribution in [0.25, 0.3) is 0 Å². The number of nitrogens with zero attached hydrogens (tertiary/aromatic N) is 3. The Labute approximate surface area is 111 Å². The Hall–Kier alpha value is -2.21. The zero-order chi connectivity index (χ0) is 14.0. The van der Waals surface area contributed by atoms with Gasteiger partial charge in [0.1, 0.15) is 11.9 Å². The molecular weight excluding hydrogens is 244 g/mol. The van der Waals surface area contributed by atoms with Crippen LogP contribution in [0.4, 0.5) is 4.79 Å². The van der Waals surface area contributed by atoms with Gasteiger partial charge in [0.15, 0.2) is 0 Å². The molecule has 0 aromatic heterocycles. The van der Waals surface area contributed by atoms with Crippen molar-refractivity contribution in [1.29, 1.82) is 0 Å². The quantitative estimate of drug-likeness (QED) is 0.837. The number of carbonyl (C=O) groups is 2. The van der Waals surface area contributed by atoms with Crippen molar-refractivity contribution in [3.63, 3.8) is 0 Å². The second-order valence-electron chi connectivity index (χ2n) is 4.39. The number of aliphatic imine (C=N–C) groups is 1. The van der Waals surface area contributed by atoms with E-state index in [9.17, 15) is 9.59 Å². The molecule has 2 rings (SSSR count). The van der Waals surface area contributed by atoms with Crippen molar-refractivity contribution in [3.8, 4) is 0 Å². The molecule has 1 fully saturated rings. The largest absolute Gasteiger partial charge is 0.328 e. The molecule has 1 aromatic carbocycles. The molecule has 19 heavy (non-hydrogen) atoms. The highest BCUT2D eigenvalue weighted by molar-refractivity contribution is 6.44. The predicted octanol–water partition coefficient (Wildman–Crippen LogP) is 0.436. The van der Waals surface area contributed by atoms with Gasteiger partial charge in [-0.2, -0.15) is 0 Å². The van der Waals surface area contributed by atoms with Crippen LogP contribution in [0.5, 0.6) is 0 Å². The van der Waals surface area contributed by atoms with Gasteiger partial charge >= 0.3 is 6.03 Å². The number of imide groups is 1. The molecule has 1 aliphatic rings. The number of hydrogen-bond acceptors (Lipinski definition) is 4. The molecule has 6 nitrogen and oxygen atoms in total. The van der Waals surface area contributed by atoms with Crippen LogP contribution in [-0.4, -0.2) is 47.7 Å². The molecule has 1 unspecified atom stereocenters. The lowest BCUT2D eigenvalue weighted by Crippen LogP contribution is -2.63. The first kappa shape index (κ1) is 13.2. The number of carbonyl (C=O) groups excluding carboxylic acids is 2. The molecule has 0 spiro atoms. The van der Waals surface area contributed by atoms with Gasteiger partial charge in [0.05, 0.1) is 6.54 Å². The Balaban J connectivity index is 2.22. The van der Waals surface area contributed by atoms with E-state index in [0.717, 1.165) is 10.5 Å². The van der Waals surface area contributed by atoms with Gasteiger partial charge in [-0.25, -0.2) is 4.79 Å². The lowest BCUT2D eigenvalue weighted by Gasteiger charge is -2.34. The molecule has 0 saturated carbocycles. The third-order valence-corrected chi connectivity index (χ3v) is 3.08. The molecular formula is C13H16N4O2. The highest BCUT2D eigenvalue weighted by Crippen LogP contribution is 2.10. The molecule has 100 valence electrons. The van der Waals surface area contributed by atoms with E-state index in [4.69, 9.17) is 5.73 Å². The smallest absolute Gasteiger partial charge is 0.306 e. The molecule has 0 radical (unpaired) electrons. The highest BCUT2D eigenvalue weighted by Gasteiger charge is 2.37. The standard InChI is InChI=1S/C13H16N4O2/c1-16-11(14)10(12(18)17(2)13(16)19)15-8-9-6-4-3-5-7-9/h3-7,11H,8,14H2,1-2H3. The Morgan fingerprint density at radius 1 is 1.21 bits per heavy atom. The number of amides is 3. The van der Waals surface area contributed by atoms with Gasteiger partial charge in [0.2, 0.25) is 0 Å². The molecule has 1 aromatic rings. The topological polar surface area (TPSA) is 79.0 Å². The van der Waals surface area contributed by atoms with Gasteiger partial charge in [-0.3, -0.25) is 14.7 Å². The third kappa shape index (κ3) is 2.48. The van der Waals surface area contributed by atoms with E-state index in [1.807, 2.05) is 30.3 Å². The molecule has 1 saturated heterocycles. The van der Waals surface area contributed by atoms with Crippen molar-refractivity contribution in [2.75, 3.05) is 14.1 Å². The van der Waals surface area contributed by atoms with Gasteiger partial charge in [-0.1, -0.05) is 30.3 Å². The van der Waals surface area contributed by atoms with Crippen LogP contribution in [0.15, 0.2) is 35.3 Å². The van der Waals surface area contributed by atoms with E-state index < -0.39 is 18.1 Å². The molecule has 1 aliphatic heterocycles. The summed E-state index contributed by atoms with van der Waals surface area (Å²) in [5.74, 6) is -0.438. The van der Waals surface area contributed by atoms with Crippen LogP contribution in [-0.2, 0) is 11.3 Å². The summed E-state index contributed by atoms with van der Waals surface area (Å²) < 4.78 is 0. The summed E-state index contributed by atoms with van der Waals surface area (Å²) in [5.41, 5.74) is 7.04. The average molecular weight is 260 g/mol. The van der Waals surface area contributed by atoms with E-state index in [-0.39, 0.29) is 5.71 Å². The maximum atomic E-state index is 12.0. The van der Waals surface area contributed by atoms with E-state index in [1.165, 1.54) is 11.9 Å². The maximum absolute atomic E-state index is 12.0. The zero-order valence-corrected chi connectivity index (χ0v) is 10.9. The first-order valence-electron chi connectivity index (χ1n) is 5.91. The lowest BCUT2D eigenvalue weighted by molar-refractivity contribution is -0.122. The minimum Gasteiger partial charge on any atom is -0.306 e. The van der Waals surface area contributed by atoms with E-state index in [2.05, 4.69) is 4.99 Å². The minimum absolute atomic E-state index is 0.202. The fourth-order valence-corrected chi connectivity index (χ4v) is 1.85. The molecule has 3 amide bonds. The van der Waals surface area contributed by atoms with Crippen LogP contribution < -0.4 is 5.73 Å². The van der Waals surface area contributed by atoms with E-state index in [1.54, 1.807) is 7.05 Å². The van der Waals surface area contributed by atoms with Crippen molar-refractivity contribution in [2.45, 2.75) is 12.7 Å². The van der Waals surface area contributed by atoms with E-state index in [0.29, 0.717) is 6.54 Å².